The number of rotatable bonds is 6. The molecular weight excluding hydrogens is 454 g/mol. The van der Waals surface area contributed by atoms with Crippen LogP contribution in [0.5, 0.6) is 11.5 Å². The van der Waals surface area contributed by atoms with Gasteiger partial charge in [0.2, 0.25) is 15.8 Å². The summed E-state index contributed by atoms with van der Waals surface area (Å²) in [7, 11) is -0.266. The van der Waals surface area contributed by atoms with Crippen molar-refractivity contribution in [3.05, 3.63) is 53.6 Å². The number of sulfonamides is 1. The highest BCUT2D eigenvalue weighted by Gasteiger charge is 2.68. The molecular formula is C26H31NO6S. The number of benzene rings is 2. The maximum Gasteiger partial charge on any atom is 0.242 e. The molecule has 2 aromatic rings. The first-order chi connectivity index (χ1) is 16.4. The Labute approximate surface area is 201 Å². The van der Waals surface area contributed by atoms with E-state index in [1.54, 1.807) is 38.4 Å². The molecule has 1 saturated carbocycles. The Morgan fingerprint density at radius 3 is 2.59 bits per heavy atom. The maximum atomic E-state index is 13.3. The molecule has 3 atom stereocenters. The van der Waals surface area contributed by atoms with Gasteiger partial charge in [-0.3, -0.25) is 0 Å². The summed E-state index contributed by atoms with van der Waals surface area (Å²) in [6, 6.07) is 12.7. The lowest BCUT2D eigenvalue weighted by Gasteiger charge is -2.53. The second-order valence-corrected chi connectivity index (χ2v) is 11.9. The van der Waals surface area contributed by atoms with Gasteiger partial charge < -0.3 is 18.9 Å². The van der Waals surface area contributed by atoms with Gasteiger partial charge in [0.15, 0.2) is 17.6 Å². The molecule has 0 bridgehead atoms. The number of methoxy groups -OCH3 is 1. The van der Waals surface area contributed by atoms with Crippen LogP contribution in [0.4, 0.5) is 0 Å². The van der Waals surface area contributed by atoms with Crippen LogP contribution in [0.25, 0.3) is 0 Å². The van der Waals surface area contributed by atoms with Crippen molar-refractivity contribution in [2.24, 2.45) is 5.92 Å². The van der Waals surface area contributed by atoms with Crippen LogP contribution in [-0.4, -0.2) is 58.5 Å². The molecule has 2 aromatic carbocycles. The predicted molar refractivity (Wildman–Crippen MR) is 126 cm³/mol. The highest BCUT2D eigenvalue weighted by Crippen LogP contribution is 2.64. The van der Waals surface area contributed by atoms with Gasteiger partial charge in [-0.05, 0) is 55.4 Å². The molecule has 0 unspecified atom stereocenters. The lowest BCUT2D eigenvalue weighted by Crippen LogP contribution is -2.63. The molecule has 6 rings (SSSR count). The van der Waals surface area contributed by atoms with Gasteiger partial charge in [-0.15, -0.1) is 0 Å². The van der Waals surface area contributed by atoms with E-state index in [1.165, 1.54) is 15.4 Å². The van der Waals surface area contributed by atoms with E-state index in [0.717, 1.165) is 31.4 Å². The van der Waals surface area contributed by atoms with Crippen molar-refractivity contribution < 1.29 is 27.4 Å². The smallest absolute Gasteiger partial charge is 0.242 e. The van der Waals surface area contributed by atoms with E-state index in [2.05, 4.69) is 6.07 Å². The van der Waals surface area contributed by atoms with Crippen LogP contribution in [0, 0.1) is 5.92 Å². The molecule has 0 aromatic heterocycles. The molecule has 8 heteroatoms. The van der Waals surface area contributed by atoms with Gasteiger partial charge in [0.05, 0.1) is 25.2 Å². The molecule has 0 amide bonds. The summed E-state index contributed by atoms with van der Waals surface area (Å²) in [5, 5.41) is 0. The number of hydrogen-bond acceptors (Lipinski definition) is 6. The zero-order chi connectivity index (χ0) is 23.6. The lowest BCUT2D eigenvalue weighted by molar-refractivity contribution is -0.252. The first-order valence-corrected chi connectivity index (χ1v) is 13.5. The monoisotopic (exact) mass is 485 g/mol. The Morgan fingerprint density at radius 2 is 1.85 bits per heavy atom. The molecule has 2 aliphatic carbocycles. The Kier molecular flexibility index (Phi) is 5.22. The summed E-state index contributed by atoms with van der Waals surface area (Å²) in [6.45, 7) is 1.46. The third-order valence-corrected chi connectivity index (χ3v) is 10.3. The van der Waals surface area contributed by atoms with Crippen molar-refractivity contribution in [3.63, 3.8) is 0 Å². The summed E-state index contributed by atoms with van der Waals surface area (Å²) < 4.78 is 53.0. The normalized spacial score (nSPS) is 28.7. The van der Waals surface area contributed by atoms with Crippen LogP contribution in [-0.2, 0) is 31.3 Å². The number of fused-ring (bicyclic) bond motifs is 1. The first kappa shape index (κ1) is 22.3. The van der Waals surface area contributed by atoms with Gasteiger partial charge in [0.1, 0.15) is 0 Å². The highest BCUT2D eigenvalue weighted by atomic mass is 32.2. The minimum Gasteiger partial charge on any atom is -0.493 e. The van der Waals surface area contributed by atoms with E-state index in [0.29, 0.717) is 42.7 Å². The van der Waals surface area contributed by atoms with Crippen LogP contribution >= 0.6 is 0 Å². The minimum atomic E-state index is -3.59. The fourth-order valence-corrected chi connectivity index (χ4v) is 8.01. The molecule has 1 saturated heterocycles. The summed E-state index contributed by atoms with van der Waals surface area (Å²) in [5.41, 5.74) is 2.05. The second kappa shape index (κ2) is 7.95. The fourth-order valence-electron chi connectivity index (χ4n) is 6.81. The Hall–Kier alpha value is -2.13. The Morgan fingerprint density at radius 1 is 1.09 bits per heavy atom. The quantitative estimate of drug-likeness (QED) is 0.624. The van der Waals surface area contributed by atoms with E-state index in [1.807, 2.05) is 12.1 Å². The van der Waals surface area contributed by atoms with Gasteiger partial charge in [0.25, 0.3) is 0 Å². The summed E-state index contributed by atoms with van der Waals surface area (Å²) in [5.74, 6) is 1.06. The Bertz CT molecular complexity index is 1190. The maximum absolute atomic E-state index is 13.3. The van der Waals surface area contributed by atoms with Gasteiger partial charge in [-0.1, -0.05) is 24.3 Å². The topological polar surface area (TPSA) is 74.3 Å². The summed E-state index contributed by atoms with van der Waals surface area (Å²) in [6.07, 6.45) is 4.08. The van der Waals surface area contributed by atoms with Crippen LogP contribution in [0.3, 0.4) is 0 Å². The predicted octanol–water partition coefficient (Wildman–Crippen LogP) is 3.50. The van der Waals surface area contributed by atoms with Crippen molar-refractivity contribution >= 4 is 10.0 Å². The summed E-state index contributed by atoms with van der Waals surface area (Å²) >= 11 is 0. The number of ether oxygens (including phenoxy) is 4. The summed E-state index contributed by atoms with van der Waals surface area (Å²) in [4.78, 5) is 0.309. The van der Waals surface area contributed by atoms with Gasteiger partial charge >= 0.3 is 0 Å². The van der Waals surface area contributed by atoms with Gasteiger partial charge in [0, 0.05) is 31.0 Å². The fraction of sp³-hybridized carbons (Fsp3) is 0.538. The van der Waals surface area contributed by atoms with E-state index < -0.39 is 15.8 Å². The average Bonchev–Trinajstić information content (AvgIpc) is 3.48. The molecule has 0 radical (unpaired) electrons. The minimum absolute atomic E-state index is 0.309. The van der Waals surface area contributed by atoms with Gasteiger partial charge in [-0.25, -0.2) is 12.7 Å². The third kappa shape index (κ3) is 3.02. The molecule has 1 spiro atoms. The van der Waals surface area contributed by atoms with Crippen molar-refractivity contribution in [1.29, 1.82) is 0 Å². The average molecular weight is 486 g/mol. The zero-order valence-corrected chi connectivity index (χ0v) is 20.5. The van der Waals surface area contributed by atoms with E-state index in [4.69, 9.17) is 18.9 Å². The largest absolute Gasteiger partial charge is 0.493 e. The third-order valence-electron chi connectivity index (χ3n) is 8.40. The van der Waals surface area contributed by atoms with Crippen LogP contribution in [0.15, 0.2) is 47.4 Å². The standard InChI is InChI=1S/C26H31NO6S/c1-27(34(28,29)20-6-4-3-5-7-20)15-14-25-19-10-8-18-9-11-21(30-2)23(22(18)25)33-24(25)26(13-12-19)31-16-17-32-26/h3-7,9,11,19,24H,8,10,12-17H2,1-2H3/t19-,24-,25+/m1/s1. The molecule has 2 heterocycles. The first-order valence-electron chi connectivity index (χ1n) is 12.1. The van der Waals surface area contributed by atoms with E-state index >= 15 is 0 Å². The van der Waals surface area contributed by atoms with Crippen LogP contribution < -0.4 is 9.47 Å². The molecule has 34 heavy (non-hydrogen) atoms. The zero-order valence-electron chi connectivity index (χ0n) is 19.7. The molecule has 2 fully saturated rings. The Balaban J connectivity index is 1.42. The van der Waals surface area contributed by atoms with Crippen molar-refractivity contribution in [2.75, 3.05) is 33.9 Å². The molecule has 0 N–H and O–H groups in total. The number of nitrogens with zero attached hydrogens (tertiary/aromatic N) is 1. The number of aryl methyl sites for hydroxylation is 1. The lowest BCUT2D eigenvalue weighted by atomic mass is 9.54. The molecule has 182 valence electrons. The van der Waals surface area contributed by atoms with Crippen molar-refractivity contribution in [3.8, 4) is 11.5 Å². The molecule has 4 aliphatic rings. The highest BCUT2D eigenvalue weighted by molar-refractivity contribution is 7.89. The van der Waals surface area contributed by atoms with Crippen LogP contribution in [0.1, 0.15) is 36.8 Å². The second-order valence-electron chi connectivity index (χ2n) is 9.84. The van der Waals surface area contributed by atoms with Crippen molar-refractivity contribution in [1.82, 2.24) is 4.31 Å². The SMILES string of the molecule is COc1ccc2c3c1O[C@H]1C4(CC[C@@H](CC2)[C@@]31CCN(C)S(=O)(=O)c1ccccc1)OCCO4. The number of hydrogen-bond donors (Lipinski definition) is 0. The molecule has 2 aliphatic heterocycles. The van der Waals surface area contributed by atoms with Gasteiger partial charge in [-0.2, -0.15) is 0 Å². The van der Waals surface area contributed by atoms with Crippen molar-refractivity contribution in [2.45, 2.75) is 54.3 Å². The molecule has 7 nitrogen and oxygen atoms in total. The van der Waals surface area contributed by atoms with E-state index in [-0.39, 0.29) is 11.5 Å². The van der Waals surface area contributed by atoms with E-state index in [9.17, 15) is 8.42 Å². The van der Waals surface area contributed by atoms with Crippen LogP contribution in [0.2, 0.25) is 0 Å².